The van der Waals surface area contributed by atoms with Crippen LogP contribution in [-0.4, -0.2) is 4.98 Å². The van der Waals surface area contributed by atoms with Gasteiger partial charge in [0.1, 0.15) is 11.3 Å². The van der Waals surface area contributed by atoms with Crippen LogP contribution in [0.3, 0.4) is 0 Å². The van der Waals surface area contributed by atoms with E-state index < -0.39 is 0 Å². The van der Waals surface area contributed by atoms with Gasteiger partial charge in [0.2, 0.25) is 0 Å². The molecule has 0 aliphatic heterocycles. The number of nitrogens with zero attached hydrogens (tertiary/aromatic N) is 1. The monoisotopic (exact) mass is 263 g/mol. The van der Waals surface area contributed by atoms with Gasteiger partial charge in [-0.15, -0.1) is 0 Å². The van der Waals surface area contributed by atoms with Gasteiger partial charge >= 0.3 is 0 Å². The molecule has 0 amide bonds. The molecule has 1 nitrogen and oxygen atoms in total. The van der Waals surface area contributed by atoms with Crippen LogP contribution in [0.5, 0.6) is 0 Å². The summed E-state index contributed by atoms with van der Waals surface area (Å²) >= 11 is 6.31. The van der Waals surface area contributed by atoms with Crippen molar-refractivity contribution in [1.82, 2.24) is 4.98 Å². The fraction of sp³-hybridized carbons (Fsp3) is 0.400. The molecule has 1 heterocycles. The van der Waals surface area contributed by atoms with Gasteiger partial charge in [0.15, 0.2) is 0 Å². The van der Waals surface area contributed by atoms with E-state index in [0.29, 0.717) is 16.5 Å². The summed E-state index contributed by atoms with van der Waals surface area (Å²) in [6, 6.07) is 5.15. The van der Waals surface area contributed by atoms with Gasteiger partial charge in [-0.05, 0) is 37.5 Å². The van der Waals surface area contributed by atoms with Gasteiger partial charge in [0, 0.05) is 17.0 Å². The van der Waals surface area contributed by atoms with E-state index in [-0.39, 0.29) is 5.82 Å². The van der Waals surface area contributed by atoms with Crippen LogP contribution >= 0.6 is 11.6 Å². The first-order valence-corrected chi connectivity index (χ1v) is 6.80. The molecule has 2 aromatic rings. The standard InChI is InChI=1S/C15H15ClFN/c1-9-6-7-12(17)15-14(9)11(16)8-13(18-15)10-4-2-3-5-10/h6-8,10H,2-5H2,1H3. The normalized spacial score (nSPS) is 16.6. The Labute approximate surface area is 111 Å². The summed E-state index contributed by atoms with van der Waals surface area (Å²) in [6.07, 6.45) is 4.75. The molecule has 0 radical (unpaired) electrons. The smallest absolute Gasteiger partial charge is 0.149 e. The van der Waals surface area contributed by atoms with Crippen molar-refractivity contribution in [3.8, 4) is 0 Å². The first-order valence-electron chi connectivity index (χ1n) is 6.42. The van der Waals surface area contributed by atoms with Crippen molar-refractivity contribution in [1.29, 1.82) is 0 Å². The molecule has 1 aromatic heterocycles. The minimum Gasteiger partial charge on any atom is -0.249 e. The lowest BCUT2D eigenvalue weighted by Gasteiger charge is -2.12. The zero-order valence-corrected chi connectivity index (χ0v) is 11.1. The highest BCUT2D eigenvalue weighted by Crippen LogP contribution is 2.36. The molecule has 18 heavy (non-hydrogen) atoms. The topological polar surface area (TPSA) is 12.9 Å². The molecule has 0 bridgehead atoms. The second kappa shape index (κ2) is 4.51. The minimum absolute atomic E-state index is 0.280. The number of aryl methyl sites for hydroxylation is 1. The van der Waals surface area contributed by atoms with Gasteiger partial charge in [0.05, 0.1) is 5.02 Å². The largest absolute Gasteiger partial charge is 0.249 e. The Kier molecular flexibility index (Phi) is 2.98. The Morgan fingerprint density at radius 2 is 2.00 bits per heavy atom. The van der Waals surface area contributed by atoms with E-state index in [1.165, 1.54) is 18.9 Å². The number of benzene rings is 1. The summed E-state index contributed by atoms with van der Waals surface area (Å²) in [4.78, 5) is 4.52. The number of fused-ring (bicyclic) bond motifs is 1. The number of hydrogen-bond donors (Lipinski definition) is 0. The van der Waals surface area contributed by atoms with E-state index in [1.807, 2.05) is 13.0 Å². The third-order valence-corrected chi connectivity index (χ3v) is 4.16. The van der Waals surface area contributed by atoms with Crippen LogP contribution in [0.25, 0.3) is 10.9 Å². The second-order valence-electron chi connectivity index (χ2n) is 5.10. The highest BCUT2D eigenvalue weighted by molar-refractivity contribution is 6.35. The molecule has 0 spiro atoms. The molecule has 94 valence electrons. The third kappa shape index (κ3) is 1.89. The lowest BCUT2D eigenvalue weighted by atomic mass is 10.0. The van der Waals surface area contributed by atoms with Crippen molar-refractivity contribution in [2.45, 2.75) is 38.5 Å². The van der Waals surface area contributed by atoms with Gasteiger partial charge in [-0.3, -0.25) is 0 Å². The van der Waals surface area contributed by atoms with Crippen molar-refractivity contribution in [2.75, 3.05) is 0 Å². The minimum atomic E-state index is -0.280. The summed E-state index contributed by atoms with van der Waals surface area (Å²) in [7, 11) is 0. The van der Waals surface area contributed by atoms with E-state index in [4.69, 9.17) is 11.6 Å². The molecule has 1 aliphatic rings. The number of rotatable bonds is 1. The molecule has 0 atom stereocenters. The van der Waals surface area contributed by atoms with Crippen LogP contribution in [0.15, 0.2) is 18.2 Å². The van der Waals surface area contributed by atoms with E-state index >= 15 is 0 Å². The lowest BCUT2D eigenvalue weighted by Crippen LogP contribution is -1.99. The van der Waals surface area contributed by atoms with Crippen LogP contribution in [0.1, 0.15) is 42.9 Å². The zero-order valence-electron chi connectivity index (χ0n) is 10.3. The molecule has 3 heteroatoms. The summed E-state index contributed by atoms with van der Waals surface area (Å²) in [5.74, 6) is 0.171. The lowest BCUT2D eigenvalue weighted by molar-refractivity contribution is 0.633. The molecular formula is C15H15ClFN. The Morgan fingerprint density at radius 1 is 1.28 bits per heavy atom. The average Bonchev–Trinajstić information content (AvgIpc) is 2.87. The summed E-state index contributed by atoms with van der Waals surface area (Å²) in [5, 5.41) is 1.37. The molecule has 1 aliphatic carbocycles. The maximum absolute atomic E-state index is 13.9. The molecule has 1 saturated carbocycles. The molecule has 3 rings (SSSR count). The third-order valence-electron chi connectivity index (χ3n) is 3.86. The highest BCUT2D eigenvalue weighted by atomic mass is 35.5. The molecule has 1 aromatic carbocycles. The summed E-state index contributed by atoms with van der Waals surface area (Å²) in [6.45, 7) is 1.94. The van der Waals surface area contributed by atoms with Crippen molar-refractivity contribution in [3.05, 3.63) is 40.3 Å². The van der Waals surface area contributed by atoms with Crippen molar-refractivity contribution < 1.29 is 4.39 Å². The maximum Gasteiger partial charge on any atom is 0.149 e. The Morgan fingerprint density at radius 3 is 2.72 bits per heavy atom. The van der Waals surface area contributed by atoms with Gasteiger partial charge in [0.25, 0.3) is 0 Å². The van der Waals surface area contributed by atoms with Crippen LogP contribution in [0, 0.1) is 12.7 Å². The number of hydrogen-bond acceptors (Lipinski definition) is 1. The first kappa shape index (κ1) is 11.9. The van der Waals surface area contributed by atoms with E-state index in [2.05, 4.69) is 4.98 Å². The fourth-order valence-corrected chi connectivity index (χ4v) is 3.22. The van der Waals surface area contributed by atoms with Gasteiger partial charge in [-0.1, -0.05) is 30.5 Å². The average molecular weight is 264 g/mol. The first-order chi connectivity index (χ1) is 8.66. The van der Waals surface area contributed by atoms with E-state index in [0.717, 1.165) is 29.5 Å². The molecular weight excluding hydrogens is 249 g/mol. The SMILES string of the molecule is Cc1ccc(F)c2nc(C3CCCC3)cc(Cl)c12. The number of aromatic nitrogens is 1. The van der Waals surface area contributed by atoms with Crippen LogP contribution in [-0.2, 0) is 0 Å². The van der Waals surface area contributed by atoms with Gasteiger partial charge in [-0.25, -0.2) is 9.37 Å². The van der Waals surface area contributed by atoms with Crippen LogP contribution in [0.4, 0.5) is 4.39 Å². The highest BCUT2D eigenvalue weighted by Gasteiger charge is 2.20. The second-order valence-corrected chi connectivity index (χ2v) is 5.51. The maximum atomic E-state index is 13.9. The molecule has 1 fully saturated rings. The number of pyridine rings is 1. The van der Waals surface area contributed by atoms with Crippen molar-refractivity contribution in [2.24, 2.45) is 0 Å². The summed E-state index contributed by atoms with van der Waals surface area (Å²) < 4.78 is 13.9. The van der Waals surface area contributed by atoms with Gasteiger partial charge < -0.3 is 0 Å². The molecule has 0 unspecified atom stereocenters. The zero-order chi connectivity index (χ0) is 12.7. The molecule has 0 saturated heterocycles. The van der Waals surface area contributed by atoms with Crippen LogP contribution < -0.4 is 0 Å². The van der Waals surface area contributed by atoms with Crippen LogP contribution in [0.2, 0.25) is 5.02 Å². The Hall–Kier alpha value is -1.15. The Bertz CT molecular complexity index is 603. The predicted octanol–water partition coefficient (Wildman–Crippen LogP) is 4.99. The fourth-order valence-electron chi connectivity index (χ4n) is 2.87. The quantitative estimate of drug-likeness (QED) is 0.706. The number of halogens is 2. The summed E-state index contributed by atoms with van der Waals surface area (Å²) in [5.41, 5.74) is 2.35. The molecule has 0 N–H and O–H groups in total. The predicted molar refractivity (Wildman–Crippen MR) is 72.7 cm³/mol. The van der Waals surface area contributed by atoms with Gasteiger partial charge in [-0.2, -0.15) is 0 Å². The van der Waals surface area contributed by atoms with Crippen molar-refractivity contribution >= 4 is 22.5 Å². The Balaban J connectivity index is 2.23. The van der Waals surface area contributed by atoms with Crippen molar-refractivity contribution in [3.63, 3.8) is 0 Å². The van der Waals surface area contributed by atoms with E-state index in [1.54, 1.807) is 6.07 Å². The van der Waals surface area contributed by atoms with E-state index in [9.17, 15) is 4.39 Å².